The number of aliphatic hydroxyl groups is 2. The number of oxime groups is 1. The van der Waals surface area contributed by atoms with Crippen molar-refractivity contribution in [3.63, 3.8) is 0 Å². The molecular weight excluding hydrogens is 436 g/mol. The van der Waals surface area contributed by atoms with Crippen LogP contribution in [0.25, 0.3) is 0 Å². The van der Waals surface area contributed by atoms with E-state index in [2.05, 4.69) is 30.4 Å². The zero-order valence-corrected chi connectivity index (χ0v) is 20.8. The number of hydrogen-bond acceptors (Lipinski definition) is 6. The molecule has 3 saturated carbocycles. The summed E-state index contributed by atoms with van der Waals surface area (Å²) in [7, 11) is 0. The maximum absolute atomic E-state index is 12.0. The van der Waals surface area contributed by atoms with Crippen LogP contribution >= 0.6 is 0 Å². The van der Waals surface area contributed by atoms with Crippen molar-refractivity contribution in [3.8, 4) is 0 Å². The van der Waals surface area contributed by atoms with Crippen molar-refractivity contribution in [2.45, 2.75) is 96.8 Å². The topological polar surface area (TPSA) is 128 Å². The highest BCUT2D eigenvalue weighted by molar-refractivity contribution is 5.96. The van der Waals surface area contributed by atoms with Crippen molar-refractivity contribution in [2.75, 3.05) is 6.61 Å². The molecule has 0 heterocycles. The van der Waals surface area contributed by atoms with E-state index >= 15 is 0 Å². The summed E-state index contributed by atoms with van der Waals surface area (Å²) < 4.78 is 0. The second kappa shape index (κ2) is 8.94. The van der Waals surface area contributed by atoms with Gasteiger partial charge >= 0.3 is 5.97 Å². The molecule has 1 unspecified atom stereocenters. The van der Waals surface area contributed by atoms with E-state index in [4.69, 9.17) is 9.94 Å². The average Bonchev–Trinajstić information content (AvgIpc) is 3.00. The van der Waals surface area contributed by atoms with Gasteiger partial charge < -0.3 is 25.5 Å². The summed E-state index contributed by atoms with van der Waals surface area (Å²) in [4.78, 5) is 28.3. The number of aliphatic hydroxyl groups excluding tert-OH is 1. The third-order valence-corrected chi connectivity index (χ3v) is 9.98. The van der Waals surface area contributed by atoms with Gasteiger partial charge in [0, 0.05) is 0 Å². The summed E-state index contributed by atoms with van der Waals surface area (Å²) in [5.41, 5.74) is 1.83. The molecule has 1 amide bonds. The second-order valence-corrected chi connectivity index (χ2v) is 11.8. The fraction of sp³-hybridized carbons (Fsp3) is 0.808. The molecule has 0 radical (unpaired) electrons. The van der Waals surface area contributed by atoms with E-state index in [0.717, 1.165) is 57.1 Å². The first-order valence-corrected chi connectivity index (χ1v) is 12.7. The molecule has 8 nitrogen and oxygen atoms in total. The summed E-state index contributed by atoms with van der Waals surface area (Å²) in [5, 5.41) is 36.0. The highest BCUT2D eigenvalue weighted by atomic mass is 16.6. The third-order valence-electron chi connectivity index (χ3n) is 9.98. The minimum absolute atomic E-state index is 0.0227. The fourth-order valence-electron chi connectivity index (χ4n) is 7.66. The largest absolute Gasteiger partial charge is 0.480 e. The number of fused-ring (bicyclic) bond motifs is 5. The molecule has 4 aliphatic carbocycles. The first-order valence-electron chi connectivity index (χ1n) is 12.7. The SMILES string of the molecule is CC(O)[C@H](NC(=O)CO/N=C1\C=C2CC[C@H]3[C@H](CC[C@@]4(C)[C@H]3CC[C@]4(C)O)[C@@]2(C)CC1)C(=O)O. The number of allylic oxidation sites excluding steroid dienone is 2. The molecule has 190 valence electrons. The van der Waals surface area contributed by atoms with E-state index in [0.29, 0.717) is 17.8 Å². The van der Waals surface area contributed by atoms with Gasteiger partial charge in [0.2, 0.25) is 0 Å². The Morgan fingerprint density at radius 3 is 2.53 bits per heavy atom. The number of nitrogens with zero attached hydrogens (tertiary/aromatic N) is 1. The summed E-state index contributed by atoms with van der Waals surface area (Å²) in [6.45, 7) is 7.67. The lowest BCUT2D eigenvalue weighted by atomic mass is 9.46. The maximum Gasteiger partial charge on any atom is 0.328 e. The smallest absolute Gasteiger partial charge is 0.328 e. The van der Waals surface area contributed by atoms with Crippen LogP contribution in [-0.2, 0) is 14.4 Å². The monoisotopic (exact) mass is 476 g/mol. The fourth-order valence-corrected chi connectivity index (χ4v) is 7.66. The van der Waals surface area contributed by atoms with Crippen LogP contribution in [0.3, 0.4) is 0 Å². The van der Waals surface area contributed by atoms with E-state index in [9.17, 15) is 19.8 Å². The van der Waals surface area contributed by atoms with E-state index in [1.807, 2.05) is 6.92 Å². The van der Waals surface area contributed by atoms with Crippen LogP contribution in [-0.4, -0.2) is 57.3 Å². The predicted octanol–water partition coefficient (Wildman–Crippen LogP) is 3.02. The van der Waals surface area contributed by atoms with Crippen molar-refractivity contribution < 1.29 is 29.7 Å². The van der Waals surface area contributed by atoms with Crippen molar-refractivity contribution in [1.29, 1.82) is 0 Å². The number of nitrogens with one attached hydrogen (secondary N) is 1. The van der Waals surface area contributed by atoms with Gasteiger partial charge in [-0.2, -0.15) is 0 Å². The Hall–Kier alpha value is -1.93. The molecule has 0 aliphatic heterocycles. The number of carboxylic acids is 1. The van der Waals surface area contributed by atoms with Crippen LogP contribution < -0.4 is 5.32 Å². The van der Waals surface area contributed by atoms with Crippen molar-refractivity contribution in [1.82, 2.24) is 5.32 Å². The molecule has 4 N–H and O–H groups in total. The summed E-state index contributed by atoms with van der Waals surface area (Å²) in [5.74, 6) is -0.0617. The normalized spacial score (nSPS) is 42.0. The molecule has 0 spiro atoms. The number of rotatable bonds is 6. The Kier molecular flexibility index (Phi) is 6.62. The van der Waals surface area contributed by atoms with Crippen molar-refractivity contribution in [3.05, 3.63) is 11.6 Å². The number of aliphatic carboxylic acids is 1. The lowest BCUT2D eigenvalue weighted by molar-refractivity contribution is -0.145. The highest BCUT2D eigenvalue weighted by Crippen LogP contribution is 2.67. The predicted molar refractivity (Wildman–Crippen MR) is 127 cm³/mol. The molecule has 4 aliphatic rings. The quantitative estimate of drug-likeness (QED) is 0.436. The Labute approximate surface area is 201 Å². The molecule has 8 heteroatoms. The molecule has 4 rings (SSSR count). The van der Waals surface area contributed by atoms with Gasteiger partial charge in [0.25, 0.3) is 5.91 Å². The minimum atomic E-state index is -1.38. The van der Waals surface area contributed by atoms with E-state index in [1.54, 1.807) is 0 Å². The lowest BCUT2D eigenvalue weighted by Crippen LogP contribution is -2.53. The van der Waals surface area contributed by atoms with Gasteiger partial charge in [0.05, 0.1) is 17.4 Å². The molecule has 0 aromatic heterocycles. The van der Waals surface area contributed by atoms with Crippen LogP contribution in [0.2, 0.25) is 0 Å². The molecular formula is C26H40N2O6. The first kappa shape index (κ1) is 25.2. The van der Waals surface area contributed by atoms with E-state index in [1.165, 1.54) is 12.5 Å². The summed E-state index contributed by atoms with van der Waals surface area (Å²) >= 11 is 0. The Morgan fingerprint density at radius 1 is 1.15 bits per heavy atom. The van der Waals surface area contributed by atoms with Crippen LogP contribution in [0.15, 0.2) is 16.8 Å². The Balaban J connectivity index is 1.40. The van der Waals surface area contributed by atoms with Crippen LogP contribution in [0.1, 0.15) is 79.1 Å². The van der Waals surface area contributed by atoms with Gasteiger partial charge in [-0.15, -0.1) is 0 Å². The molecule has 0 aromatic rings. The van der Waals surface area contributed by atoms with Gasteiger partial charge in [-0.05, 0) is 99.9 Å². The highest BCUT2D eigenvalue weighted by Gasteiger charge is 2.62. The second-order valence-electron chi connectivity index (χ2n) is 11.8. The molecule has 3 fully saturated rings. The maximum atomic E-state index is 12.0. The minimum Gasteiger partial charge on any atom is -0.480 e. The molecule has 8 atom stereocenters. The Bertz CT molecular complexity index is 896. The Morgan fingerprint density at radius 2 is 1.85 bits per heavy atom. The number of hydrogen-bond donors (Lipinski definition) is 4. The molecule has 34 heavy (non-hydrogen) atoms. The standard InChI is InChI=1S/C26H40N2O6/c1-15(29)22(23(31)32)27-21(30)14-34-28-17-7-10-24(2)16(13-17)5-6-18-19(24)8-11-25(3)20(18)9-12-26(25,4)33/h13,15,18-20,22,29,33H,5-12,14H2,1-4H3,(H,27,30)(H,31,32)/b28-17-/t15?,18-,19-,20-,22-,24-,25-,26-/m0/s1. The molecule has 0 saturated heterocycles. The lowest BCUT2D eigenvalue weighted by Gasteiger charge is -2.59. The number of carboxylic acid groups (broad SMARTS) is 1. The van der Waals surface area contributed by atoms with Crippen molar-refractivity contribution >= 4 is 17.6 Å². The number of amides is 1. The van der Waals surface area contributed by atoms with Crippen LogP contribution in [0, 0.1) is 28.6 Å². The van der Waals surface area contributed by atoms with E-state index < -0.39 is 36.2 Å². The zero-order valence-electron chi connectivity index (χ0n) is 20.8. The van der Waals surface area contributed by atoms with Gasteiger partial charge in [-0.25, -0.2) is 4.79 Å². The van der Waals surface area contributed by atoms with Crippen LogP contribution in [0.4, 0.5) is 0 Å². The summed E-state index contributed by atoms with van der Waals surface area (Å²) in [6.07, 6.45) is 9.14. The number of carbonyl (C=O) groups excluding carboxylic acids is 1. The van der Waals surface area contributed by atoms with Gasteiger partial charge in [-0.3, -0.25) is 4.79 Å². The van der Waals surface area contributed by atoms with Gasteiger partial charge in [0.1, 0.15) is 0 Å². The average molecular weight is 477 g/mol. The molecule has 0 aromatic carbocycles. The van der Waals surface area contributed by atoms with Crippen LogP contribution in [0.5, 0.6) is 0 Å². The molecule has 0 bridgehead atoms. The first-order chi connectivity index (χ1) is 15.9. The number of carbonyl (C=O) groups is 2. The third kappa shape index (κ3) is 4.17. The van der Waals surface area contributed by atoms with E-state index in [-0.39, 0.29) is 10.8 Å². The van der Waals surface area contributed by atoms with Gasteiger partial charge in [-0.1, -0.05) is 24.6 Å². The zero-order chi connectivity index (χ0) is 24.9. The van der Waals surface area contributed by atoms with Gasteiger partial charge in [0.15, 0.2) is 12.6 Å². The summed E-state index contributed by atoms with van der Waals surface area (Å²) in [6, 6.07) is -1.38. The van der Waals surface area contributed by atoms with Crippen molar-refractivity contribution in [2.24, 2.45) is 33.7 Å².